The predicted molar refractivity (Wildman–Crippen MR) is 46.4 cm³/mol. The second kappa shape index (κ2) is 2.73. The third kappa shape index (κ3) is 1.33. The van der Waals surface area contributed by atoms with Crippen LogP contribution in [0.4, 0.5) is 0 Å². The molecule has 0 spiro atoms. The standard InChI is InChI=1S/C9H16N2O/c1-6-4-11(5-8(6)10)9(12)7-2-3-7/h6-8H,2-5,10H2,1H3. The molecular weight excluding hydrogens is 152 g/mol. The van der Waals surface area contributed by atoms with E-state index in [4.69, 9.17) is 5.73 Å². The molecule has 2 aliphatic rings. The number of hydrogen-bond donors (Lipinski definition) is 1. The minimum absolute atomic E-state index is 0.202. The van der Waals surface area contributed by atoms with Gasteiger partial charge in [-0.1, -0.05) is 6.92 Å². The lowest BCUT2D eigenvalue weighted by atomic mass is 10.1. The zero-order valence-corrected chi connectivity index (χ0v) is 7.49. The molecule has 1 saturated carbocycles. The SMILES string of the molecule is CC1CN(C(=O)C2CC2)CC1N. The summed E-state index contributed by atoms with van der Waals surface area (Å²) in [6.07, 6.45) is 2.19. The Bertz CT molecular complexity index is 191. The molecule has 1 amide bonds. The summed E-state index contributed by atoms with van der Waals surface area (Å²) in [4.78, 5) is 13.5. The Balaban J connectivity index is 1.93. The molecule has 3 heteroatoms. The zero-order chi connectivity index (χ0) is 8.72. The summed E-state index contributed by atoms with van der Waals surface area (Å²) < 4.78 is 0. The minimum Gasteiger partial charge on any atom is -0.341 e. The highest BCUT2D eigenvalue weighted by Gasteiger charge is 2.37. The molecule has 0 radical (unpaired) electrons. The van der Waals surface area contributed by atoms with Crippen LogP contribution in [0.1, 0.15) is 19.8 Å². The van der Waals surface area contributed by atoms with Crippen LogP contribution in [0, 0.1) is 11.8 Å². The maximum atomic E-state index is 11.6. The molecule has 2 fully saturated rings. The van der Waals surface area contributed by atoms with E-state index in [1.54, 1.807) is 0 Å². The van der Waals surface area contributed by atoms with Crippen molar-refractivity contribution in [3.05, 3.63) is 0 Å². The van der Waals surface area contributed by atoms with E-state index < -0.39 is 0 Å². The van der Waals surface area contributed by atoms with Crippen molar-refractivity contribution in [3.8, 4) is 0 Å². The Morgan fingerprint density at radius 1 is 1.42 bits per heavy atom. The molecule has 0 aromatic heterocycles. The molecule has 0 bridgehead atoms. The van der Waals surface area contributed by atoms with Gasteiger partial charge in [-0.2, -0.15) is 0 Å². The van der Waals surface area contributed by atoms with E-state index >= 15 is 0 Å². The molecule has 2 rings (SSSR count). The van der Waals surface area contributed by atoms with E-state index in [2.05, 4.69) is 6.92 Å². The van der Waals surface area contributed by atoms with Gasteiger partial charge in [-0.25, -0.2) is 0 Å². The van der Waals surface area contributed by atoms with Gasteiger partial charge in [0.1, 0.15) is 0 Å². The summed E-state index contributed by atoms with van der Waals surface area (Å²) in [5, 5.41) is 0. The van der Waals surface area contributed by atoms with E-state index in [9.17, 15) is 4.79 Å². The van der Waals surface area contributed by atoms with Crippen LogP contribution in [0.25, 0.3) is 0 Å². The summed E-state index contributed by atoms with van der Waals surface area (Å²) in [5.74, 6) is 1.17. The highest BCUT2D eigenvalue weighted by molar-refractivity contribution is 5.81. The molecule has 2 N–H and O–H groups in total. The van der Waals surface area contributed by atoms with E-state index in [-0.39, 0.29) is 6.04 Å². The van der Waals surface area contributed by atoms with E-state index in [0.29, 0.717) is 17.7 Å². The van der Waals surface area contributed by atoms with Gasteiger partial charge in [-0.3, -0.25) is 4.79 Å². The van der Waals surface area contributed by atoms with Crippen LogP contribution in [-0.2, 0) is 4.79 Å². The summed E-state index contributed by atoms with van der Waals surface area (Å²) in [5.41, 5.74) is 5.83. The van der Waals surface area contributed by atoms with Gasteiger partial charge in [0, 0.05) is 25.0 Å². The Morgan fingerprint density at radius 3 is 2.50 bits per heavy atom. The van der Waals surface area contributed by atoms with Crippen molar-refractivity contribution in [1.29, 1.82) is 0 Å². The lowest BCUT2D eigenvalue weighted by Gasteiger charge is -2.14. The van der Waals surface area contributed by atoms with Crippen molar-refractivity contribution in [2.45, 2.75) is 25.8 Å². The Morgan fingerprint density at radius 2 is 2.08 bits per heavy atom. The van der Waals surface area contributed by atoms with Crippen LogP contribution in [0.2, 0.25) is 0 Å². The second-order valence-electron chi connectivity index (χ2n) is 4.16. The Kier molecular flexibility index (Phi) is 1.83. The van der Waals surface area contributed by atoms with Crippen LogP contribution >= 0.6 is 0 Å². The van der Waals surface area contributed by atoms with Crippen LogP contribution in [0.15, 0.2) is 0 Å². The first kappa shape index (κ1) is 8.05. The normalized spacial score (nSPS) is 35.7. The highest BCUT2D eigenvalue weighted by Crippen LogP contribution is 2.32. The van der Waals surface area contributed by atoms with Crippen molar-refractivity contribution in [3.63, 3.8) is 0 Å². The van der Waals surface area contributed by atoms with Gasteiger partial charge in [-0.05, 0) is 18.8 Å². The van der Waals surface area contributed by atoms with Gasteiger partial charge in [0.2, 0.25) is 5.91 Å². The number of nitrogens with zero attached hydrogens (tertiary/aromatic N) is 1. The van der Waals surface area contributed by atoms with Crippen LogP contribution in [0.5, 0.6) is 0 Å². The third-order valence-corrected chi connectivity index (χ3v) is 2.91. The lowest BCUT2D eigenvalue weighted by Crippen LogP contribution is -2.32. The first-order valence-electron chi connectivity index (χ1n) is 4.73. The molecule has 1 aliphatic heterocycles. The van der Waals surface area contributed by atoms with Gasteiger partial charge in [-0.15, -0.1) is 0 Å². The maximum absolute atomic E-state index is 11.6. The number of carbonyl (C=O) groups is 1. The Hall–Kier alpha value is -0.570. The molecule has 12 heavy (non-hydrogen) atoms. The quantitative estimate of drug-likeness (QED) is 0.608. The fraction of sp³-hybridized carbons (Fsp3) is 0.889. The number of amides is 1. The molecule has 2 atom stereocenters. The van der Waals surface area contributed by atoms with E-state index in [1.165, 1.54) is 0 Å². The molecule has 3 nitrogen and oxygen atoms in total. The van der Waals surface area contributed by atoms with Gasteiger partial charge in [0.05, 0.1) is 0 Å². The first-order valence-corrected chi connectivity index (χ1v) is 4.73. The highest BCUT2D eigenvalue weighted by atomic mass is 16.2. The van der Waals surface area contributed by atoms with Crippen molar-refractivity contribution in [1.82, 2.24) is 4.90 Å². The average molecular weight is 168 g/mol. The van der Waals surface area contributed by atoms with Crippen molar-refractivity contribution < 1.29 is 4.79 Å². The van der Waals surface area contributed by atoms with Crippen LogP contribution in [-0.4, -0.2) is 29.9 Å². The van der Waals surface area contributed by atoms with Crippen molar-refractivity contribution in [2.24, 2.45) is 17.6 Å². The molecule has 68 valence electrons. The maximum Gasteiger partial charge on any atom is 0.225 e. The molecule has 1 heterocycles. The number of likely N-dealkylation sites (tertiary alicyclic amines) is 1. The van der Waals surface area contributed by atoms with Crippen molar-refractivity contribution in [2.75, 3.05) is 13.1 Å². The largest absolute Gasteiger partial charge is 0.341 e. The smallest absolute Gasteiger partial charge is 0.225 e. The lowest BCUT2D eigenvalue weighted by molar-refractivity contribution is -0.131. The summed E-state index contributed by atoms with van der Waals surface area (Å²) >= 11 is 0. The fourth-order valence-corrected chi connectivity index (χ4v) is 1.76. The summed E-state index contributed by atoms with van der Waals surface area (Å²) in [7, 11) is 0. The van der Waals surface area contributed by atoms with E-state index in [0.717, 1.165) is 25.9 Å². The number of carbonyl (C=O) groups excluding carboxylic acids is 1. The third-order valence-electron chi connectivity index (χ3n) is 2.91. The van der Waals surface area contributed by atoms with Gasteiger partial charge < -0.3 is 10.6 Å². The van der Waals surface area contributed by atoms with E-state index in [1.807, 2.05) is 4.90 Å². The van der Waals surface area contributed by atoms with Gasteiger partial charge >= 0.3 is 0 Å². The number of nitrogens with two attached hydrogens (primary N) is 1. The fourth-order valence-electron chi connectivity index (χ4n) is 1.76. The van der Waals surface area contributed by atoms with Gasteiger partial charge in [0.25, 0.3) is 0 Å². The molecule has 1 saturated heterocycles. The van der Waals surface area contributed by atoms with Gasteiger partial charge in [0.15, 0.2) is 0 Å². The second-order valence-corrected chi connectivity index (χ2v) is 4.16. The zero-order valence-electron chi connectivity index (χ0n) is 7.49. The first-order chi connectivity index (χ1) is 5.68. The molecule has 2 unspecified atom stereocenters. The Labute approximate surface area is 72.9 Å². The molecular formula is C9H16N2O. The topological polar surface area (TPSA) is 46.3 Å². The monoisotopic (exact) mass is 168 g/mol. The number of rotatable bonds is 1. The summed E-state index contributed by atoms with van der Waals surface area (Å²) in [6, 6.07) is 0.202. The molecule has 0 aromatic carbocycles. The predicted octanol–water partition coefficient (Wildman–Crippen LogP) is 0.202. The molecule has 0 aromatic rings. The van der Waals surface area contributed by atoms with Crippen LogP contribution in [0.3, 0.4) is 0 Å². The number of hydrogen-bond acceptors (Lipinski definition) is 2. The van der Waals surface area contributed by atoms with Crippen LogP contribution < -0.4 is 5.73 Å². The molecule has 1 aliphatic carbocycles. The minimum atomic E-state index is 0.202. The summed E-state index contributed by atoms with van der Waals surface area (Å²) in [6.45, 7) is 3.76. The average Bonchev–Trinajstić information content (AvgIpc) is 2.80. The van der Waals surface area contributed by atoms with Crippen molar-refractivity contribution >= 4 is 5.91 Å².